The zero-order valence-electron chi connectivity index (χ0n) is 14.4. The van der Waals surface area contributed by atoms with Gasteiger partial charge in [0.2, 0.25) is 5.91 Å². The normalized spacial score (nSPS) is 32.0. The van der Waals surface area contributed by atoms with Crippen molar-refractivity contribution in [1.29, 1.82) is 0 Å². The van der Waals surface area contributed by atoms with Crippen molar-refractivity contribution in [2.75, 3.05) is 6.54 Å². The summed E-state index contributed by atoms with van der Waals surface area (Å²) in [6.45, 7) is 1.92. The molecule has 25 heavy (non-hydrogen) atoms. The smallest absolute Gasteiger partial charge is 0.305 e. The van der Waals surface area contributed by atoms with E-state index in [4.69, 9.17) is 4.74 Å². The van der Waals surface area contributed by atoms with Crippen LogP contribution in [0, 0.1) is 5.92 Å². The van der Waals surface area contributed by atoms with Crippen LogP contribution in [0.4, 0.5) is 0 Å². The maximum absolute atomic E-state index is 12.9. The molecule has 1 aromatic rings. The summed E-state index contributed by atoms with van der Waals surface area (Å²) < 4.78 is 5.70. The second-order valence-electron chi connectivity index (χ2n) is 7.21. The van der Waals surface area contributed by atoms with Gasteiger partial charge < -0.3 is 9.64 Å². The third-order valence-electron chi connectivity index (χ3n) is 5.65. The second kappa shape index (κ2) is 6.24. The lowest BCUT2D eigenvalue weighted by Crippen LogP contribution is -2.41. The number of fused-ring (bicyclic) bond motifs is 1. The second-order valence-corrected chi connectivity index (χ2v) is 7.21. The quantitative estimate of drug-likeness (QED) is 0.793. The zero-order chi connectivity index (χ0) is 17.4. The minimum Gasteiger partial charge on any atom is -0.431 e. The molecule has 3 aliphatic rings. The predicted molar refractivity (Wildman–Crippen MR) is 90.6 cm³/mol. The van der Waals surface area contributed by atoms with Gasteiger partial charge in [-0.1, -0.05) is 49.6 Å². The van der Waals surface area contributed by atoms with Crippen LogP contribution in [0.15, 0.2) is 40.6 Å². The minimum absolute atomic E-state index is 0.0330. The summed E-state index contributed by atoms with van der Waals surface area (Å²) >= 11 is 0. The molecule has 1 saturated carbocycles. The van der Waals surface area contributed by atoms with Crippen LogP contribution in [0.3, 0.4) is 0 Å². The number of nitrogens with zero attached hydrogens (tertiary/aromatic N) is 3. The van der Waals surface area contributed by atoms with Gasteiger partial charge in [-0.3, -0.25) is 9.59 Å². The van der Waals surface area contributed by atoms with Crippen molar-refractivity contribution >= 4 is 11.9 Å². The lowest BCUT2D eigenvalue weighted by atomic mass is 9.87. The van der Waals surface area contributed by atoms with Crippen LogP contribution in [-0.2, 0) is 20.1 Å². The Morgan fingerprint density at radius 3 is 2.60 bits per heavy atom. The van der Waals surface area contributed by atoms with Crippen molar-refractivity contribution in [2.24, 2.45) is 16.1 Å². The topological polar surface area (TPSA) is 71.3 Å². The Balaban J connectivity index is 1.67. The Morgan fingerprint density at radius 2 is 1.92 bits per heavy atom. The fourth-order valence-electron chi connectivity index (χ4n) is 4.48. The Kier molecular flexibility index (Phi) is 4.06. The maximum atomic E-state index is 12.9. The molecule has 6 heteroatoms. The number of esters is 1. The average Bonchev–Trinajstić information content (AvgIpc) is 3.15. The summed E-state index contributed by atoms with van der Waals surface area (Å²) in [5.74, 6) is -0.633. The van der Waals surface area contributed by atoms with Crippen molar-refractivity contribution in [3.8, 4) is 0 Å². The molecule has 1 saturated heterocycles. The molecule has 2 fully saturated rings. The number of azo groups is 1. The van der Waals surface area contributed by atoms with E-state index in [9.17, 15) is 9.59 Å². The van der Waals surface area contributed by atoms with Gasteiger partial charge in [0.25, 0.3) is 5.72 Å². The van der Waals surface area contributed by atoms with Crippen molar-refractivity contribution < 1.29 is 14.3 Å². The van der Waals surface area contributed by atoms with E-state index in [0.29, 0.717) is 6.54 Å². The number of carbonyl (C=O) groups is 2. The number of benzene rings is 1. The number of amides is 1. The minimum atomic E-state index is -1.18. The van der Waals surface area contributed by atoms with Crippen LogP contribution in [0.25, 0.3) is 0 Å². The number of likely N-dealkylation sites (tertiary alicyclic amines) is 1. The number of ether oxygens (including phenoxy) is 1. The number of hydrogen-bond donors (Lipinski definition) is 0. The van der Waals surface area contributed by atoms with Crippen molar-refractivity contribution in [3.63, 3.8) is 0 Å². The molecule has 0 spiro atoms. The van der Waals surface area contributed by atoms with Crippen LogP contribution in [0.5, 0.6) is 0 Å². The number of carbonyl (C=O) groups excluding carboxylic acids is 2. The molecule has 2 aliphatic heterocycles. The van der Waals surface area contributed by atoms with Gasteiger partial charge in [-0.25, -0.2) is 0 Å². The van der Waals surface area contributed by atoms with Crippen molar-refractivity contribution in [1.82, 2.24) is 4.90 Å². The van der Waals surface area contributed by atoms with Crippen molar-refractivity contribution in [2.45, 2.75) is 56.8 Å². The highest BCUT2D eigenvalue weighted by molar-refractivity contribution is 5.86. The van der Waals surface area contributed by atoms with E-state index in [-0.39, 0.29) is 17.9 Å². The van der Waals surface area contributed by atoms with Crippen LogP contribution >= 0.6 is 0 Å². The van der Waals surface area contributed by atoms with Crippen molar-refractivity contribution in [3.05, 3.63) is 35.9 Å². The van der Waals surface area contributed by atoms with Gasteiger partial charge in [0, 0.05) is 25.1 Å². The summed E-state index contributed by atoms with van der Waals surface area (Å²) in [6.07, 6.45) is 5.67. The van der Waals surface area contributed by atoms with Gasteiger partial charge in [0.05, 0.1) is 5.92 Å². The van der Waals surface area contributed by atoms with Crippen LogP contribution in [-0.4, -0.2) is 35.4 Å². The first-order valence-electron chi connectivity index (χ1n) is 9.09. The first-order valence-corrected chi connectivity index (χ1v) is 9.09. The van der Waals surface area contributed by atoms with E-state index >= 15 is 0 Å². The summed E-state index contributed by atoms with van der Waals surface area (Å²) in [5.41, 5.74) is -0.406. The first kappa shape index (κ1) is 16.2. The molecule has 1 aromatic carbocycles. The molecule has 1 aliphatic carbocycles. The Bertz CT molecular complexity index is 699. The highest BCUT2D eigenvalue weighted by Crippen LogP contribution is 2.48. The number of hydrogen-bond acceptors (Lipinski definition) is 5. The van der Waals surface area contributed by atoms with Gasteiger partial charge in [0.1, 0.15) is 0 Å². The Hall–Kier alpha value is -2.24. The van der Waals surface area contributed by atoms with Gasteiger partial charge in [-0.2, -0.15) is 5.11 Å². The monoisotopic (exact) mass is 341 g/mol. The van der Waals surface area contributed by atoms with Gasteiger partial charge in [-0.05, 0) is 12.8 Å². The van der Waals surface area contributed by atoms with Gasteiger partial charge in [0.15, 0.2) is 6.04 Å². The Labute approximate surface area is 147 Å². The molecular formula is C19H23N3O3. The van der Waals surface area contributed by atoms with E-state index < -0.39 is 17.7 Å². The molecule has 0 unspecified atom stereocenters. The molecule has 0 radical (unpaired) electrons. The van der Waals surface area contributed by atoms with E-state index in [1.807, 2.05) is 35.2 Å². The molecule has 1 amide bonds. The third kappa shape index (κ3) is 2.64. The highest BCUT2D eigenvalue weighted by atomic mass is 16.6. The molecule has 132 valence electrons. The maximum Gasteiger partial charge on any atom is 0.305 e. The SMILES string of the molecule is CC(=O)O[C@]1(c2ccccc2)N=N[C@@H]2C(=O)N(C3CCCCC3)C[C@@H]21. The van der Waals surface area contributed by atoms with E-state index in [0.717, 1.165) is 18.4 Å². The summed E-state index contributed by atoms with van der Waals surface area (Å²) in [6, 6.07) is 9.20. The fourth-order valence-corrected chi connectivity index (χ4v) is 4.48. The van der Waals surface area contributed by atoms with E-state index in [1.165, 1.54) is 26.2 Å². The third-order valence-corrected chi connectivity index (χ3v) is 5.65. The first-order chi connectivity index (χ1) is 12.1. The van der Waals surface area contributed by atoms with Gasteiger partial charge in [-0.15, -0.1) is 5.11 Å². The molecule has 0 bridgehead atoms. The average molecular weight is 341 g/mol. The fraction of sp³-hybridized carbons (Fsp3) is 0.579. The molecule has 6 nitrogen and oxygen atoms in total. The molecule has 2 heterocycles. The van der Waals surface area contributed by atoms with E-state index in [1.54, 1.807) is 0 Å². The molecule has 3 atom stereocenters. The Morgan fingerprint density at radius 1 is 1.20 bits per heavy atom. The lowest BCUT2D eigenvalue weighted by molar-refractivity contribution is -0.162. The van der Waals surface area contributed by atoms with Crippen LogP contribution < -0.4 is 0 Å². The number of rotatable bonds is 3. The molecule has 4 rings (SSSR count). The van der Waals surface area contributed by atoms with Crippen LogP contribution in [0.2, 0.25) is 0 Å². The highest BCUT2D eigenvalue weighted by Gasteiger charge is 2.60. The van der Waals surface area contributed by atoms with Gasteiger partial charge >= 0.3 is 5.97 Å². The summed E-state index contributed by atoms with van der Waals surface area (Å²) in [4.78, 5) is 26.7. The molecule has 0 aromatic heterocycles. The van der Waals surface area contributed by atoms with Crippen LogP contribution in [0.1, 0.15) is 44.6 Å². The zero-order valence-corrected chi connectivity index (χ0v) is 14.4. The molecular weight excluding hydrogens is 318 g/mol. The lowest BCUT2D eigenvalue weighted by Gasteiger charge is -2.34. The summed E-state index contributed by atoms with van der Waals surface area (Å²) in [7, 11) is 0. The molecule has 0 N–H and O–H groups in total. The largest absolute Gasteiger partial charge is 0.431 e. The van der Waals surface area contributed by atoms with E-state index in [2.05, 4.69) is 10.2 Å². The standard InChI is InChI=1S/C19H23N3O3/c1-13(23)25-19(14-8-4-2-5-9-14)16-12-22(15-10-6-3-7-11-15)18(24)17(16)20-21-19/h2,4-5,8-9,15-17H,3,6-7,10-12H2,1H3/t16-,17-,19-/m0/s1. The predicted octanol–water partition coefficient (Wildman–Crippen LogP) is 3.03. The summed E-state index contributed by atoms with van der Waals surface area (Å²) in [5, 5.41) is 8.59.